The van der Waals surface area contributed by atoms with Gasteiger partial charge >= 0.3 is 0 Å². The van der Waals surface area contributed by atoms with Crippen LogP contribution in [0.1, 0.15) is 58.3 Å². The molecule has 0 radical (unpaired) electrons. The second-order valence-corrected chi connectivity index (χ2v) is 6.87. The van der Waals surface area contributed by atoms with Crippen LogP contribution in [0, 0.1) is 17.8 Å². The Morgan fingerprint density at radius 1 is 1.16 bits per heavy atom. The summed E-state index contributed by atoms with van der Waals surface area (Å²) >= 11 is 0. The molecular formula is C16H32N2O. The van der Waals surface area contributed by atoms with E-state index in [-0.39, 0.29) is 0 Å². The van der Waals surface area contributed by atoms with Crippen molar-refractivity contribution in [3.05, 3.63) is 0 Å². The van der Waals surface area contributed by atoms with Crippen LogP contribution in [0.5, 0.6) is 0 Å². The van der Waals surface area contributed by atoms with Gasteiger partial charge in [-0.25, -0.2) is 0 Å². The fraction of sp³-hybridized carbons (Fsp3) is 1.00. The molecule has 5 unspecified atom stereocenters. The molecule has 19 heavy (non-hydrogen) atoms. The van der Waals surface area contributed by atoms with Crippen molar-refractivity contribution in [2.75, 3.05) is 13.2 Å². The van der Waals surface area contributed by atoms with Gasteiger partial charge in [-0.1, -0.05) is 32.6 Å². The van der Waals surface area contributed by atoms with E-state index in [0.717, 1.165) is 18.4 Å². The van der Waals surface area contributed by atoms with Crippen molar-refractivity contribution in [3.63, 3.8) is 0 Å². The first kappa shape index (κ1) is 15.3. The third-order valence-corrected chi connectivity index (χ3v) is 5.37. The molecule has 0 bridgehead atoms. The summed E-state index contributed by atoms with van der Waals surface area (Å²) in [5.74, 6) is 2.05. The molecule has 5 atom stereocenters. The maximum atomic E-state index is 9.53. The minimum atomic E-state index is 0.329. The van der Waals surface area contributed by atoms with E-state index in [1.54, 1.807) is 0 Å². The second-order valence-electron chi connectivity index (χ2n) is 6.87. The van der Waals surface area contributed by atoms with E-state index >= 15 is 0 Å². The average Bonchev–Trinajstić information content (AvgIpc) is 2.45. The average molecular weight is 268 g/mol. The molecule has 112 valence electrons. The van der Waals surface area contributed by atoms with E-state index in [1.165, 1.54) is 51.4 Å². The lowest BCUT2D eigenvalue weighted by Gasteiger charge is -2.39. The molecule has 2 rings (SSSR count). The molecular weight excluding hydrogens is 236 g/mol. The molecule has 0 saturated heterocycles. The van der Waals surface area contributed by atoms with Gasteiger partial charge in [-0.15, -0.1) is 0 Å². The highest BCUT2D eigenvalue weighted by Gasteiger charge is 2.31. The van der Waals surface area contributed by atoms with Crippen molar-refractivity contribution in [1.82, 2.24) is 5.32 Å². The van der Waals surface area contributed by atoms with Gasteiger partial charge in [0.15, 0.2) is 0 Å². The molecule has 2 aliphatic rings. The molecule has 2 saturated carbocycles. The minimum absolute atomic E-state index is 0.329. The van der Waals surface area contributed by atoms with Crippen molar-refractivity contribution in [1.29, 1.82) is 0 Å². The van der Waals surface area contributed by atoms with Crippen molar-refractivity contribution in [3.8, 4) is 0 Å². The first-order valence-corrected chi connectivity index (χ1v) is 8.31. The first-order chi connectivity index (χ1) is 9.24. The topological polar surface area (TPSA) is 58.3 Å². The number of nitrogens with two attached hydrogens (primary N) is 1. The highest BCUT2D eigenvalue weighted by molar-refractivity contribution is 4.88. The summed E-state index contributed by atoms with van der Waals surface area (Å²) in [5.41, 5.74) is 6.03. The summed E-state index contributed by atoms with van der Waals surface area (Å²) in [5, 5.41) is 13.3. The van der Waals surface area contributed by atoms with Gasteiger partial charge in [0.2, 0.25) is 0 Å². The van der Waals surface area contributed by atoms with Gasteiger partial charge in [-0.3, -0.25) is 0 Å². The zero-order valence-electron chi connectivity index (χ0n) is 12.5. The largest absolute Gasteiger partial charge is 0.396 e. The molecule has 0 spiro atoms. The molecule has 0 heterocycles. The standard InChI is InChI=1S/C16H32N2O/c1-12-5-4-7-13(9-12)16(10-17)18-15-8-3-2-6-14(15)11-19/h12-16,18-19H,2-11,17H2,1H3. The lowest BCUT2D eigenvalue weighted by Crippen LogP contribution is -2.52. The van der Waals surface area contributed by atoms with Gasteiger partial charge in [-0.05, 0) is 43.4 Å². The third kappa shape index (κ3) is 4.17. The molecule has 0 aromatic rings. The van der Waals surface area contributed by atoms with Crippen molar-refractivity contribution < 1.29 is 5.11 Å². The van der Waals surface area contributed by atoms with Gasteiger partial charge in [0, 0.05) is 25.2 Å². The summed E-state index contributed by atoms with van der Waals surface area (Å²) < 4.78 is 0. The Bertz CT molecular complexity index is 259. The molecule has 2 fully saturated rings. The highest BCUT2D eigenvalue weighted by Crippen LogP contribution is 2.32. The Labute approximate surface area is 118 Å². The van der Waals surface area contributed by atoms with E-state index in [4.69, 9.17) is 5.73 Å². The van der Waals surface area contributed by atoms with E-state index in [2.05, 4.69) is 12.2 Å². The highest BCUT2D eigenvalue weighted by atomic mass is 16.3. The quantitative estimate of drug-likeness (QED) is 0.717. The summed E-state index contributed by atoms with van der Waals surface area (Å²) in [6.07, 6.45) is 10.4. The van der Waals surface area contributed by atoms with Crippen LogP contribution < -0.4 is 11.1 Å². The molecule has 2 aliphatic carbocycles. The Hall–Kier alpha value is -0.120. The number of nitrogens with one attached hydrogen (secondary N) is 1. The van der Waals surface area contributed by atoms with E-state index in [9.17, 15) is 5.11 Å². The third-order valence-electron chi connectivity index (χ3n) is 5.37. The fourth-order valence-electron chi connectivity index (χ4n) is 4.16. The van der Waals surface area contributed by atoms with Crippen LogP contribution in [0.25, 0.3) is 0 Å². The molecule has 0 amide bonds. The van der Waals surface area contributed by atoms with Crippen LogP contribution in [0.4, 0.5) is 0 Å². The van der Waals surface area contributed by atoms with Gasteiger partial charge < -0.3 is 16.2 Å². The van der Waals surface area contributed by atoms with E-state index in [0.29, 0.717) is 24.6 Å². The molecule has 3 nitrogen and oxygen atoms in total. The monoisotopic (exact) mass is 268 g/mol. The van der Waals surface area contributed by atoms with Gasteiger partial charge in [0.1, 0.15) is 0 Å². The Morgan fingerprint density at radius 3 is 2.63 bits per heavy atom. The van der Waals surface area contributed by atoms with Crippen molar-refractivity contribution >= 4 is 0 Å². The number of hydrogen-bond acceptors (Lipinski definition) is 3. The lowest BCUT2D eigenvalue weighted by atomic mass is 9.77. The number of rotatable bonds is 5. The predicted octanol–water partition coefficient (Wildman–Crippen LogP) is 2.28. The summed E-state index contributed by atoms with van der Waals surface area (Å²) in [4.78, 5) is 0. The fourth-order valence-corrected chi connectivity index (χ4v) is 4.16. The second kappa shape index (κ2) is 7.61. The van der Waals surface area contributed by atoms with Crippen LogP contribution in [0.3, 0.4) is 0 Å². The summed E-state index contributed by atoms with van der Waals surface area (Å²) in [6, 6.07) is 0.949. The molecule has 0 aromatic carbocycles. The summed E-state index contributed by atoms with van der Waals surface area (Å²) in [7, 11) is 0. The van der Waals surface area contributed by atoms with Crippen LogP contribution in [0.15, 0.2) is 0 Å². The van der Waals surface area contributed by atoms with Gasteiger partial charge in [0.05, 0.1) is 0 Å². The first-order valence-electron chi connectivity index (χ1n) is 8.31. The van der Waals surface area contributed by atoms with Gasteiger partial charge in [0.25, 0.3) is 0 Å². The number of hydrogen-bond donors (Lipinski definition) is 3. The predicted molar refractivity (Wildman–Crippen MR) is 79.9 cm³/mol. The van der Waals surface area contributed by atoms with Crippen LogP contribution >= 0.6 is 0 Å². The number of aliphatic hydroxyl groups is 1. The SMILES string of the molecule is CC1CCCC(C(CN)NC2CCCCC2CO)C1. The van der Waals surface area contributed by atoms with E-state index < -0.39 is 0 Å². The van der Waals surface area contributed by atoms with Crippen molar-refractivity contribution in [2.24, 2.45) is 23.5 Å². The van der Waals surface area contributed by atoms with Crippen LogP contribution in [-0.2, 0) is 0 Å². The minimum Gasteiger partial charge on any atom is -0.396 e. The zero-order valence-corrected chi connectivity index (χ0v) is 12.5. The molecule has 4 N–H and O–H groups in total. The van der Waals surface area contributed by atoms with Crippen LogP contribution in [0.2, 0.25) is 0 Å². The maximum Gasteiger partial charge on any atom is 0.0474 e. The van der Waals surface area contributed by atoms with Crippen molar-refractivity contribution in [2.45, 2.75) is 70.4 Å². The molecule has 0 aliphatic heterocycles. The van der Waals surface area contributed by atoms with Gasteiger partial charge in [-0.2, -0.15) is 0 Å². The Kier molecular flexibility index (Phi) is 6.11. The normalized spacial score (nSPS) is 38.1. The Morgan fingerprint density at radius 2 is 1.95 bits per heavy atom. The molecule has 3 heteroatoms. The smallest absolute Gasteiger partial charge is 0.0474 e. The maximum absolute atomic E-state index is 9.53. The van der Waals surface area contributed by atoms with E-state index in [1.807, 2.05) is 0 Å². The number of aliphatic hydroxyl groups excluding tert-OH is 1. The zero-order chi connectivity index (χ0) is 13.7. The Balaban J connectivity index is 1.89. The lowest BCUT2D eigenvalue weighted by molar-refractivity contribution is 0.128. The summed E-state index contributed by atoms with van der Waals surface area (Å²) in [6.45, 7) is 3.44. The van der Waals surface area contributed by atoms with Crippen LogP contribution in [-0.4, -0.2) is 30.3 Å². The molecule has 0 aromatic heterocycles.